The maximum absolute atomic E-state index is 13.1. The molecule has 3 aromatic rings. The first-order valence-electron chi connectivity index (χ1n) is 9.85. The number of nitrogens with zero attached hydrogens (tertiary/aromatic N) is 5. The molecule has 0 radical (unpaired) electrons. The number of ether oxygens (including phenoxy) is 1. The highest BCUT2D eigenvalue weighted by molar-refractivity contribution is 7.89. The third-order valence-electron chi connectivity index (χ3n) is 4.93. The van der Waals surface area contributed by atoms with E-state index < -0.39 is 15.9 Å². The molecule has 0 aliphatic carbocycles. The quantitative estimate of drug-likeness (QED) is 0.591. The smallest absolute Gasteiger partial charge is 0.248 e. The molecule has 1 saturated heterocycles. The number of amides is 1. The normalized spacial score (nSPS) is 14.9. The summed E-state index contributed by atoms with van der Waals surface area (Å²) in [5, 5.41) is 14.6. The monoisotopic (exact) mass is 460 g/mol. The van der Waals surface area contributed by atoms with E-state index in [0.29, 0.717) is 30.0 Å². The van der Waals surface area contributed by atoms with Crippen LogP contribution in [0.4, 0.5) is 10.1 Å². The lowest BCUT2D eigenvalue weighted by molar-refractivity contribution is -0.117. The summed E-state index contributed by atoms with van der Waals surface area (Å²) >= 11 is 0. The Bertz CT molecular complexity index is 1220. The van der Waals surface area contributed by atoms with Crippen molar-refractivity contribution in [2.45, 2.75) is 18.4 Å². The number of morpholine rings is 1. The second kappa shape index (κ2) is 9.10. The lowest BCUT2D eigenvalue weighted by atomic mass is 10.2. The van der Waals surface area contributed by atoms with Gasteiger partial charge in [-0.2, -0.15) is 9.10 Å². The Morgan fingerprint density at radius 1 is 1.16 bits per heavy atom. The average Bonchev–Trinajstić information content (AvgIpc) is 3.24. The van der Waals surface area contributed by atoms with Gasteiger partial charge in [0, 0.05) is 24.3 Å². The molecular weight excluding hydrogens is 439 g/mol. The van der Waals surface area contributed by atoms with Crippen LogP contribution in [-0.2, 0) is 26.1 Å². The fourth-order valence-electron chi connectivity index (χ4n) is 3.18. The highest BCUT2D eigenvalue weighted by atomic mass is 32.2. The van der Waals surface area contributed by atoms with Gasteiger partial charge in [-0.1, -0.05) is 6.07 Å². The number of hydrogen-bond donors (Lipinski definition) is 1. The number of nitrogens with one attached hydrogen (secondary N) is 1. The van der Waals surface area contributed by atoms with Crippen LogP contribution in [0.1, 0.15) is 5.56 Å². The number of tetrazole rings is 1. The third-order valence-corrected chi connectivity index (χ3v) is 6.83. The molecule has 32 heavy (non-hydrogen) atoms. The van der Waals surface area contributed by atoms with Crippen LogP contribution in [0.2, 0.25) is 0 Å². The number of hydrogen-bond acceptors (Lipinski definition) is 7. The van der Waals surface area contributed by atoms with Gasteiger partial charge in [0.1, 0.15) is 12.4 Å². The molecule has 168 valence electrons. The van der Waals surface area contributed by atoms with Crippen LogP contribution >= 0.6 is 0 Å². The summed E-state index contributed by atoms with van der Waals surface area (Å²) in [6, 6.07) is 10.2. The van der Waals surface area contributed by atoms with Crippen molar-refractivity contribution in [1.82, 2.24) is 24.5 Å². The van der Waals surface area contributed by atoms with Gasteiger partial charge >= 0.3 is 0 Å². The Kier molecular flexibility index (Phi) is 6.26. The summed E-state index contributed by atoms with van der Waals surface area (Å²) < 4.78 is 45.4. The van der Waals surface area contributed by atoms with Gasteiger partial charge in [0.2, 0.25) is 21.8 Å². The third kappa shape index (κ3) is 4.82. The minimum absolute atomic E-state index is 0.0952. The van der Waals surface area contributed by atoms with Gasteiger partial charge in [-0.15, -0.1) is 10.2 Å². The number of rotatable bonds is 6. The number of carbonyl (C=O) groups excluding carboxylic acids is 1. The Balaban J connectivity index is 1.46. The predicted octanol–water partition coefficient (Wildman–Crippen LogP) is 1.45. The van der Waals surface area contributed by atoms with Gasteiger partial charge in [0.25, 0.3) is 0 Å². The highest BCUT2D eigenvalue weighted by Crippen LogP contribution is 2.24. The van der Waals surface area contributed by atoms with Crippen LogP contribution in [0.3, 0.4) is 0 Å². The van der Waals surface area contributed by atoms with Crippen LogP contribution < -0.4 is 5.32 Å². The fourth-order valence-corrected chi connectivity index (χ4v) is 4.61. The number of carbonyl (C=O) groups is 1. The van der Waals surface area contributed by atoms with E-state index in [0.717, 1.165) is 4.80 Å². The maximum atomic E-state index is 13.1. The molecule has 1 aliphatic heterocycles. The molecule has 1 N–H and O–H groups in total. The van der Waals surface area contributed by atoms with Crippen LogP contribution in [0.15, 0.2) is 47.4 Å². The van der Waals surface area contributed by atoms with E-state index in [1.54, 1.807) is 13.0 Å². The molecule has 2 aromatic carbocycles. The summed E-state index contributed by atoms with van der Waals surface area (Å²) in [7, 11) is -3.69. The van der Waals surface area contributed by atoms with Crippen LogP contribution in [0.25, 0.3) is 11.4 Å². The zero-order valence-electron chi connectivity index (χ0n) is 17.2. The predicted molar refractivity (Wildman–Crippen MR) is 113 cm³/mol. The second-order valence-corrected chi connectivity index (χ2v) is 9.13. The van der Waals surface area contributed by atoms with Crippen molar-refractivity contribution < 1.29 is 22.3 Å². The summed E-state index contributed by atoms with van der Waals surface area (Å²) in [6.07, 6.45) is 0. The van der Waals surface area contributed by atoms with Gasteiger partial charge in [0.15, 0.2) is 0 Å². The summed E-state index contributed by atoms with van der Waals surface area (Å²) in [5.41, 5.74) is 1.65. The fraction of sp³-hybridized carbons (Fsp3) is 0.300. The number of aromatic nitrogens is 4. The molecule has 1 aromatic heterocycles. The first-order valence-corrected chi connectivity index (χ1v) is 11.3. The van der Waals surface area contributed by atoms with Gasteiger partial charge in [-0.25, -0.2) is 12.8 Å². The Morgan fingerprint density at radius 2 is 1.88 bits per heavy atom. The minimum atomic E-state index is -3.69. The number of sulfonamides is 1. The molecular formula is C20H21FN6O4S. The minimum Gasteiger partial charge on any atom is -0.379 e. The molecule has 1 fully saturated rings. The van der Waals surface area contributed by atoms with E-state index in [-0.39, 0.29) is 36.2 Å². The Morgan fingerprint density at radius 3 is 2.59 bits per heavy atom. The van der Waals surface area contributed by atoms with Gasteiger partial charge in [-0.05, 0) is 54.1 Å². The molecule has 1 aliphatic rings. The molecule has 10 nitrogen and oxygen atoms in total. The molecule has 0 saturated carbocycles. The van der Waals surface area contributed by atoms with Gasteiger partial charge < -0.3 is 10.1 Å². The average molecular weight is 460 g/mol. The van der Waals surface area contributed by atoms with Crippen LogP contribution in [0.5, 0.6) is 0 Å². The van der Waals surface area contributed by atoms with Crippen molar-refractivity contribution in [3.05, 3.63) is 53.8 Å². The highest BCUT2D eigenvalue weighted by Gasteiger charge is 2.27. The summed E-state index contributed by atoms with van der Waals surface area (Å²) in [6.45, 7) is 2.80. The standard InChI is InChI=1S/C20H21FN6O4S/c1-14-2-7-17(32(29,30)26-8-10-31-11-9-26)12-18(14)22-19(28)13-27-24-20(23-25-27)15-3-5-16(21)6-4-15/h2-7,12H,8-11,13H2,1H3,(H,22,28). The molecule has 4 rings (SSSR count). The molecule has 12 heteroatoms. The number of anilines is 1. The first kappa shape index (κ1) is 22.0. The number of aryl methyl sites for hydroxylation is 1. The van der Waals surface area contributed by atoms with E-state index in [1.165, 1.54) is 40.7 Å². The van der Waals surface area contributed by atoms with E-state index in [9.17, 15) is 17.6 Å². The van der Waals surface area contributed by atoms with Crippen molar-refractivity contribution >= 4 is 21.6 Å². The van der Waals surface area contributed by atoms with E-state index in [2.05, 4.69) is 20.7 Å². The van der Waals surface area contributed by atoms with Crippen LogP contribution in [0, 0.1) is 12.7 Å². The van der Waals surface area contributed by atoms with E-state index in [4.69, 9.17) is 4.74 Å². The lowest BCUT2D eigenvalue weighted by Gasteiger charge is -2.26. The first-order chi connectivity index (χ1) is 15.3. The van der Waals surface area contributed by atoms with Gasteiger partial charge in [-0.3, -0.25) is 4.79 Å². The Hall–Kier alpha value is -3.22. The number of halogens is 1. The molecule has 0 atom stereocenters. The van der Waals surface area contributed by atoms with Crippen molar-refractivity contribution in [1.29, 1.82) is 0 Å². The molecule has 0 unspecified atom stereocenters. The van der Waals surface area contributed by atoms with Crippen molar-refractivity contribution in [2.24, 2.45) is 0 Å². The molecule has 2 heterocycles. The van der Waals surface area contributed by atoms with Crippen LogP contribution in [-0.4, -0.2) is 65.1 Å². The lowest BCUT2D eigenvalue weighted by Crippen LogP contribution is -2.40. The Labute approximate surface area is 184 Å². The molecule has 1 amide bonds. The van der Waals surface area contributed by atoms with E-state index in [1.807, 2.05) is 0 Å². The summed E-state index contributed by atoms with van der Waals surface area (Å²) in [5.74, 6) is -0.571. The molecule has 0 bridgehead atoms. The topological polar surface area (TPSA) is 119 Å². The summed E-state index contributed by atoms with van der Waals surface area (Å²) in [4.78, 5) is 13.7. The largest absolute Gasteiger partial charge is 0.379 e. The SMILES string of the molecule is Cc1ccc(S(=O)(=O)N2CCOCC2)cc1NC(=O)Cn1nnc(-c2ccc(F)cc2)n1. The van der Waals surface area contributed by atoms with E-state index >= 15 is 0 Å². The van der Waals surface area contributed by atoms with Crippen molar-refractivity contribution in [3.8, 4) is 11.4 Å². The zero-order chi connectivity index (χ0) is 22.7. The maximum Gasteiger partial charge on any atom is 0.248 e. The van der Waals surface area contributed by atoms with Crippen molar-refractivity contribution in [3.63, 3.8) is 0 Å². The zero-order valence-corrected chi connectivity index (χ0v) is 18.0. The number of benzene rings is 2. The van der Waals surface area contributed by atoms with Gasteiger partial charge in [0.05, 0.1) is 18.1 Å². The second-order valence-electron chi connectivity index (χ2n) is 7.19. The van der Waals surface area contributed by atoms with Crippen molar-refractivity contribution in [2.75, 3.05) is 31.6 Å². The molecule has 0 spiro atoms.